The monoisotopic (exact) mass is 605 g/mol. The first-order valence-corrected chi connectivity index (χ1v) is 15.0. The predicted octanol–water partition coefficient (Wildman–Crippen LogP) is 4.89. The quantitative estimate of drug-likeness (QED) is 0.312. The Balaban J connectivity index is 1.20. The second-order valence-electron chi connectivity index (χ2n) is 10.6. The van der Waals surface area contributed by atoms with Crippen LogP contribution in [0.2, 0.25) is 5.02 Å². The molecule has 3 aromatic rings. The van der Waals surface area contributed by atoms with E-state index in [2.05, 4.69) is 39.4 Å². The number of carbonyl (C=O) groups excluding carboxylic acids is 2. The van der Waals surface area contributed by atoms with Gasteiger partial charge in [0.15, 0.2) is 5.11 Å². The van der Waals surface area contributed by atoms with Crippen molar-refractivity contribution in [2.75, 3.05) is 56.6 Å². The van der Waals surface area contributed by atoms with Crippen LogP contribution in [0, 0.1) is 0 Å². The van der Waals surface area contributed by atoms with Gasteiger partial charge in [-0.25, -0.2) is 0 Å². The number of nitrogens with zero attached hydrogens (tertiary/aromatic N) is 4. The van der Waals surface area contributed by atoms with Crippen molar-refractivity contribution < 1.29 is 14.3 Å². The molecule has 2 aliphatic rings. The molecule has 2 amide bonds. The highest BCUT2D eigenvalue weighted by molar-refractivity contribution is 7.80. The fourth-order valence-electron chi connectivity index (χ4n) is 5.45. The molecule has 2 aliphatic heterocycles. The van der Waals surface area contributed by atoms with Gasteiger partial charge in [0.25, 0.3) is 5.91 Å². The molecule has 42 heavy (non-hydrogen) atoms. The first-order valence-electron chi connectivity index (χ1n) is 14.2. The van der Waals surface area contributed by atoms with E-state index in [0.717, 1.165) is 45.7 Å². The van der Waals surface area contributed by atoms with Gasteiger partial charge in [-0.15, -0.1) is 0 Å². The largest absolute Gasteiger partial charge is 0.497 e. The summed E-state index contributed by atoms with van der Waals surface area (Å²) in [7, 11) is 1.59. The fourth-order valence-corrected chi connectivity index (χ4v) is 5.99. The van der Waals surface area contributed by atoms with Crippen LogP contribution in [-0.2, 0) is 16.1 Å². The first-order chi connectivity index (χ1) is 20.4. The van der Waals surface area contributed by atoms with Crippen LogP contribution in [-0.4, -0.2) is 84.0 Å². The number of methoxy groups -OCH3 is 1. The molecule has 1 atom stereocenters. The van der Waals surface area contributed by atoms with Gasteiger partial charge < -0.3 is 19.9 Å². The number of hydrogen-bond donors (Lipinski definition) is 1. The average Bonchev–Trinajstić information content (AvgIpc) is 3.23. The van der Waals surface area contributed by atoms with Crippen LogP contribution in [0.25, 0.3) is 0 Å². The Morgan fingerprint density at radius 1 is 0.929 bits per heavy atom. The molecule has 0 aliphatic carbocycles. The van der Waals surface area contributed by atoms with E-state index >= 15 is 0 Å². The minimum Gasteiger partial charge on any atom is -0.497 e. The smallest absolute Gasteiger partial charge is 0.256 e. The number of ether oxygens (including phenoxy) is 1. The van der Waals surface area contributed by atoms with Crippen molar-refractivity contribution in [3.63, 3.8) is 0 Å². The number of carbonyl (C=O) groups is 2. The van der Waals surface area contributed by atoms with Crippen LogP contribution in [0.3, 0.4) is 0 Å². The summed E-state index contributed by atoms with van der Waals surface area (Å²) in [5.74, 6) is 0.243. The Morgan fingerprint density at radius 2 is 1.60 bits per heavy atom. The molecule has 8 nitrogen and oxygen atoms in total. The van der Waals surface area contributed by atoms with Gasteiger partial charge in [-0.3, -0.25) is 19.4 Å². The number of thiocarbonyl (C=S) groups is 1. The van der Waals surface area contributed by atoms with Gasteiger partial charge in [0.1, 0.15) is 11.8 Å². The van der Waals surface area contributed by atoms with Crippen LogP contribution >= 0.6 is 23.8 Å². The summed E-state index contributed by atoms with van der Waals surface area (Å²) >= 11 is 11.9. The number of rotatable bonds is 11. The Bertz CT molecular complexity index is 1370. The van der Waals surface area contributed by atoms with Gasteiger partial charge in [-0.1, -0.05) is 41.9 Å². The lowest BCUT2D eigenvalue weighted by molar-refractivity contribution is -0.124. The molecular weight excluding hydrogens is 570 g/mol. The van der Waals surface area contributed by atoms with Crippen LogP contribution < -0.4 is 15.0 Å². The average molecular weight is 606 g/mol. The number of halogens is 1. The molecule has 2 heterocycles. The molecule has 0 bridgehead atoms. The van der Waals surface area contributed by atoms with E-state index in [9.17, 15) is 9.59 Å². The second-order valence-corrected chi connectivity index (χ2v) is 11.4. The van der Waals surface area contributed by atoms with Crippen molar-refractivity contribution in [3.8, 4) is 5.75 Å². The lowest BCUT2D eigenvalue weighted by Gasteiger charge is -2.35. The number of piperazine rings is 1. The molecule has 0 aromatic heterocycles. The number of anilines is 2. The summed E-state index contributed by atoms with van der Waals surface area (Å²) in [5, 5.41) is 3.89. The summed E-state index contributed by atoms with van der Waals surface area (Å²) < 4.78 is 5.20. The van der Waals surface area contributed by atoms with E-state index in [1.54, 1.807) is 55.6 Å². The molecule has 2 saturated heterocycles. The molecule has 3 aromatic carbocycles. The van der Waals surface area contributed by atoms with E-state index in [1.165, 1.54) is 10.5 Å². The highest BCUT2D eigenvalue weighted by atomic mass is 35.5. The van der Waals surface area contributed by atoms with Gasteiger partial charge in [0, 0.05) is 50.0 Å². The molecule has 0 radical (unpaired) electrons. The van der Waals surface area contributed by atoms with Crippen LogP contribution in [0.1, 0.15) is 18.4 Å². The lowest BCUT2D eigenvalue weighted by atomic mass is 10.1. The third-order valence-electron chi connectivity index (χ3n) is 7.74. The van der Waals surface area contributed by atoms with Gasteiger partial charge in [-0.2, -0.15) is 0 Å². The predicted molar refractivity (Wildman–Crippen MR) is 171 cm³/mol. The molecule has 220 valence electrons. The van der Waals surface area contributed by atoms with E-state index in [1.807, 2.05) is 11.0 Å². The maximum absolute atomic E-state index is 13.7. The lowest BCUT2D eigenvalue weighted by Crippen LogP contribution is -2.47. The zero-order valence-electron chi connectivity index (χ0n) is 23.7. The van der Waals surface area contributed by atoms with Crippen molar-refractivity contribution in [1.82, 2.24) is 14.7 Å². The Kier molecular flexibility index (Phi) is 10.1. The third-order valence-corrected chi connectivity index (χ3v) is 8.41. The minimum absolute atomic E-state index is 0.00669. The van der Waals surface area contributed by atoms with Crippen molar-refractivity contribution in [2.45, 2.75) is 25.4 Å². The molecule has 1 N–H and O–H groups in total. The summed E-state index contributed by atoms with van der Waals surface area (Å²) in [5.41, 5.74) is 2.62. The number of nitrogens with one attached hydrogen (secondary N) is 1. The topological polar surface area (TPSA) is 68.4 Å². The molecule has 2 fully saturated rings. The third kappa shape index (κ3) is 7.46. The van der Waals surface area contributed by atoms with Gasteiger partial charge in [0.05, 0.1) is 19.2 Å². The SMILES string of the molecule is COc1ccc(NC(=O)C[C@H]2C(=O)N(c3ccc(Cl)cc3)C(=S)N2CCCN2CCN(Cc3ccccc3)CC2)cc1. The van der Waals surface area contributed by atoms with Crippen LogP contribution in [0.4, 0.5) is 11.4 Å². The molecular formula is C32H36ClN5O3S. The van der Waals surface area contributed by atoms with Gasteiger partial charge in [0.2, 0.25) is 5.91 Å². The van der Waals surface area contributed by atoms with E-state index in [-0.39, 0.29) is 18.2 Å². The highest BCUT2D eigenvalue weighted by Crippen LogP contribution is 2.29. The Morgan fingerprint density at radius 3 is 2.26 bits per heavy atom. The Labute approximate surface area is 257 Å². The normalized spacial score (nSPS) is 18.0. The van der Waals surface area contributed by atoms with Crippen molar-refractivity contribution in [1.29, 1.82) is 0 Å². The van der Waals surface area contributed by atoms with Crippen LogP contribution in [0.5, 0.6) is 5.75 Å². The Hall–Kier alpha value is -3.50. The standard InChI is InChI=1S/C32H36ClN5O3S/c1-41-28-14-10-26(11-15-28)34-30(39)22-29-31(40)38(27-12-8-25(33)9-13-27)32(42)37(29)17-5-16-35-18-20-36(21-19-35)23-24-6-3-2-4-7-24/h2-4,6-15,29H,5,16-23H2,1H3,(H,34,39)/t29-/m0/s1. The van der Waals surface area contributed by atoms with Crippen molar-refractivity contribution in [3.05, 3.63) is 89.4 Å². The molecule has 10 heteroatoms. The second kappa shape index (κ2) is 14.1. The fraction of sp³-hybridized carbons (Fsp3) is 0.344. The maximum Gasteiger partial charge on any atom is 0.256 e. The number of amides is 2. The number of benzene rings is 3. The summed E-state index contributed by atoms with van der Waals surface area (Å²) in [6, 6.07) is 24.0. The van der Waals surface area contributed by atoms with Gasteiger partial charge >= 0.3 is 0 Å². The summed E-state index contributed by atoms with van der Waals surface area (Å²) in [6.07, 6.45) is 0.824. The van der Waals surface area contributed by atoms with E-state index in [0.29, 0.717) is 33.8 Å². The summed E-state index contributed by atoms with van der Waals surface area (Å²) in [6.45, 7) is 6.50. The van der Waals surface area contributed by atoms with E-state index < -0.39 is 6.04 Å². The zero-order chi connectivity index (χ0) is 29.5. The van der Waals surface area contributed by atoms with E-state index in [4.69, 9.17) is 28.6 Å². The molecule has 0 saturated carbocycles. The summed E-state index contributed by atoms with van der Waals surface area (Å²) in [4.78, 5) is 35.1. The van der Waals surface area contributed by atoms with Crippen molar-refractivity contribution in [2.24, 2.45) is 0 Å². The molecule has 5 rings (SSSR count). The zero-order valence-corrected chi connectivity index (χ0v) is 25.3. The minimum atomic E-state index is -0.686. The highest BCUT2D eigenvalue weighted by Gasteiger charge is 2.43. The first kappa shape index (κ1) is 30.0. The molecule has 0 unspecified atom stereocenters. The molecule has 0 spiro atoms. The van der Waals surface area contributed by atoms with Gasteiger partial charge in [-0.05, 0) is 79.3 Å². The van der Waals surface area contributed by atoms with Crippen molar-refractivity contribution >= 4 is 52.1 Å². The maximum atomic E-state index is 13.7. The number of hydrogen-bond acceptors (Lipinski definition) is 6. The van der Waals surface area contributed by atoms with Crippen LogP contribution in [0.15, 0.2) is 78.9 Å².